The van der Waals surface area contributed by atoms with Gasteiger partial charge in [-0.15, -0.1) is 0 Å². The lowest BCUT2D eigenvalue weighted by Crippen LogP contribution is -2.37. The van der Waals surface area contributed by atoms with Gasteiger partial charge in [0.1, 0.15) is 18.0 Å². The summed E-state index contributed by atoms with van der Waals surface area (Å²) < 4.78 is 5.43. The van der Waals surface area contributed by atoms with Crippen LogP contribution >= 0.6 is 0 Å². The lowest BCUT2D eigenvalue weighted by atomic mass is 9.99. The van der Waals surface area contributed by atoms with Gasteiger partial charge in [-0.2, -0.15) is 0 Å². The Morgan fingerprint density at radius 1 is 1.00 bits per heavy atom. The van der Waals surface area contributed by atoms with Crippen LogP contribution in [0.3, 0.4) is 0 Å². The van der Waals surface area contributed by atoms with E-state index < -0.39 is 0 Å². The first-order valence-corrected chi connectivity index (χ1v) is 8.33. The maximum absolute atomic E-state index is 5.43. The standard InChI is InChI=1S/C18H22N4O/c1-14-4-5-16-15(11-14)3-2-6-22(16)18-12-17(19-13-20-18)21-7-9-23-10-8-21/h4-5,11-13H,2-3,6-10H2,1H3. The molecule has 0 bridgehead atoms. The third-order valence-corrected chi connectivity index (χ3v) is 4.60. The van der Waals surface area contributed by atoms with Crippen LogP contribution in [0.5, 0.6) is 0 Å². The van der Waals surface area contributed by atoms with E-state index >= 15 is 0 Å². The maximum Gasteiger partial charge on any atom is 0.138 e. The molecule has 1 aromatic heterocycles. The van der Waals surface area contributed by atoms with Crippen LogP contribution < -0.4 is 9.80 Å². The number of aromatic nitrogens is 2. The smallest absolute Gasteiger partial charge is 0.138 e. The van der Waals surface area contributed by atoms with Crippen LogP contribution in [0.1, 0.15) is 17.5 Å². The molecule has 2 aliphatic heterocycles. The van der Waals surface area contributed by atoms with Crippen molar-refractivity contribution in [3.63, 3.8) is 0 Å². The molecule has 0 aliphatic carbocycles. The second kappa shape index (κ2) is 6.16. The van der Waals surface area contributed by atoms with Gasteiger partial charge in [0, 0.05) is 31.4 Å². The van der Waals surface area contributed by atoms with Gasteiger partial charge in [0.25, 0.3) is 0 Å². The number of fused-ring (bicyclic) bond motifs is 1. The number of hydrogen-bond donors (Lipinski definition) is 0. The lowest BCUT2D eigenvalue weighted by molar-refractivity contribution is 0.122. The predicted octanol–water partition coefficient (Wildman–Crippen LogP) is 2.71. The number of ether oxygens (including phenoxy) is 1. The van der Waals surface area contributed by atoms with Gasteiger partial charge < -0.3 is 14.5 Å². The second-order valence-corrected chi connectivity index (χ2v) is 6.22. The minimum absolute atomic E-state index is 0.769. The largest absolute Gasteiger partial charge is 0.378 e. The summed E-state index contributed by atoms with van der Waals surface area (Å²) in [4.78, 5) is 13.6. The van der Waals surface area contributed by atoms with Crippen molar-refractivity contribution in [1.29, 1.82) is 0 Å². The van der Waals surface area contributed by atoms with Crippen molar-refractivity contribution in [3.8, 4) is 0 Å². The Hall–Kier alpha value is -2.14. The van der Waals surface area contributed by atoms with Crippen molar-refractivity contribution in [3.05, 3.63) is 41.7 Å². The van der Waals surface area contributed by atoms with E-state index in [0.717, 1.165) is 57.3 Å². The molecule has 5 nitrogen and oxygen atoms in total. The Kier molecular flexibility index (Phi) is 3.87. The molecule has 4 rings (SSSR count). The summed E-state index contributed by atoms with van der Waals surface area (Å²) in [6.45, 7) is 6.49. The topological polar surface area (TPSA) is 41.5 Å². The summed E-state index contributed by atoms with van der Waals surface area (Å²) in [6, 6.07) is 8.81. The zero-order chi connectivity index (χ0) is 15.6. The molecule has 1 aromatic carbocycles. The van der Waals surface area contributed by atoms with Gasteiger partial charge in [-0.3, -0.25) is 0 Å². The Morgan fingerprint density at radius 2 is 1.83 bits per heavy atom. The normalized spacial score (nSPS) is 18.0. The summed E-state index contributed by atoms with van der Waals surface area (Å²) >= 11 is 0. The SMILES string of the molecule is Cc1ccc2c(c1)CCCN2c1cc(N2CCOCC2)ncn1. The average Bonchev–Trinajstić information content (AvgIpc) is 2.62. The predicted molar refractivity (Wildman–Crippen MR) is 91.6 cm³/mol. The molecule has 2 aliphatic rings. The molecule has 2 aromatic rings. The molecule has 120 valence electrons. The molecule has 0 saturated carbocycles. The van der Waals surface area contributed by atoms with E-state index in [9.17, 15) is 0 Å². The average molecular weight is 310 g/mol. The van der Waals surface area contributed by atoms with Crippen molar-refractivity contribution in [1.82, 2.24) is 9.97 Å². The molecule has 0 radical (unpaired) electrons. The minimum Gasteiger partial charge on any atom is -0.378 e. The monoisotopic (exact) mass is 310 g/mol. The van der Waals surface area contributed by atoms with E-state index in [1.807, 2.05) is 0 Å². The van der Waals surface area contributed by atoms with E-state index in [-0.39, 0.29) is 0 Å². The number of aryl methyl sites for hydroxylation is 2. The molecule has 23 heavy (non-hydrogen) atoms. The van der Waals surface area contributed by atoms with Gasteiger partial charge in [-0.25, -0.2) is 9.97 Å². The Labute approximate surface area is 136 Å². The Balaban J connectivity index is 1.66. The van der Waals surface area contributed by atoms with Crippen molar-refractivity contribution in [2.45, 2.75) is 19.8 Å². The van der Waals surface area contributed by atoms with Crippen molar-refractivity contribution >= 4 is 17.3 Å². The molecule has 5 heteroatoms. The van der Waals surface area contributed by atoms with Crippen LogP contribution in [0.2, 0.25) is 0 Å². The zero-order valence-electron chi connectivity index (χ0n) is 13.5. The van der Waals surface area contributed by atoms with E-state index in [2.05, 4.69) is 51.0 Å². The van der Waals surface area contributed by atoms with Crippen molar-refractivity contribution in [2.75, 3.05) is 42.6 Å². The summed E-state index contributed by atoms with van der Waals surface area (Å²) in [5.74, 6) is 1.99. The molecular formula is C18H22N4O. The first-order chi connectivity index (χ1) is 11.3. The van der Waals surface area contributed by atoms with Gasteiger partial charge in [-0.05, 0) is 31.4 Å². The van der Waals surface area contributed by atoms with Crippen LogP contribution in [0.25, 0.3) is 0 Å². The molecule has 0 unspecified atom stereocenters. The Bertz CT molecular complexity index is 697. The number of rotatable bonds is 2. The van der Waals surface area contributed by atoms with Gasteiger partial charge in [0.2, 0.25) is 0 Å². The van der Waals surface area contributed by atoms with Crippen LogP contribution in [0, 0.1) is 6.92 Å². The zero-order valence-corrected chi connectivity index (χ0v) is 13.5. The fourth-order valence-electron chi connectivity index (χ4n) is 3.41. The Morgan fingerprint density at radius 3 is 2.70 bits per heavy atom. The third kappa shape index (κ3) is 2.88. The van der Waals surface area contributed by atoms with E-state index in [0.29, 0.717) is 0 Å². The molecule has 1 fully saturated rings. The van der Waals surface area contributed by atoms with Crippen LogP contribution in [0.4, 0.5) is 17.3 Å². The molecule has 1 saturated heterocycles. The summed E-state index contributed by atoms with van der Waals surface area (Å²) in [6.07, 6.45) is 3.99. The number of benzene rings is 1. The van der Waals surface area contributed by atoms with Crippen molar-refractivity contribution < 1.29 is 4.74 Å². The first-order valence-electron chi connectivity index (χ1n) is 8.33. The van der Waals surface area contributed by atoms with E-state index in [1.165, 1.54) is 16.8 Å². The highest BCUT2D eigenvalue weighted by Gasteiger charge is 2.21. The molecule has 0 spiro atoms. The molecule has 0 N–H and O–H groups in total. The number of hydrogen-bond acceptors (Lipinski definition) is 5. The molecule has 0 amide bonds. The summed E-state index contributed by atoms with van der Waals surface area (Å²) in [7, 11) is 0. The number of morpholine rings is 1. The third-order valence-electron chi connectivity index (χ3n) is 4.60. The highest BCUT2D eigenvalue weighted by atomic mass is 16.5. The second-order valence-electron chi connectivity index (χ2n) is 6.22. The van der Waals surface area contributed by atoms with Gasteiger partial charge in [-0.1, -0.05) is 17.7 Å². The van der Waals surface area contributed by atoms with Crippen LogP contribution in [-0.4, -0.2) is 42.8 Å². The maximum atomic E-state index is 5.43. The van der Waals surface area contributed by atoms with Gasteiger partial charge in [0.05, 0.1) is 13.2 Å². The number of anilines is 3. The van der Waals surface area contributed by atoms with E-state index in [4.69, 9.17) is 4.74 Å². The fraction of sp³-hybridized carbons (Fsp3) is 0.444. The quantitative estimate of drug-likeness (QED) is 0.853. The minimum atomic E-state index is 0.769. The van der Waals surface area contributed by atoms with Gasteiger partial charge >= 0.3 is 0 Å². The van der Waals surface area contributed by atoms with Crippen LogP contribution in [0.15, 0.2) is 30.6 Å². The fourth-order valence-corrected chi connectivity index (χ4v) is 3.41. The van der Waals surface area contributed by atoms with E-state index in [1.54, 1.807) is 6.33 Å². The first kappa shape index (κ1) is 14.5. The van der Waals surface area contributed by atoms with Gasteiger partial charge in [0.15, 0.2) is 0 Å². The summed E-state index contributed by atoms with van der Waals surface area (Å²) in [5.41, 5.74) is 4.03. The highest BCUT2D eigenvalue weighted by Crippen LogP contribution is 2.33. The number of nitrogens with zero attached hydrogens (tertiary/aromatic N) is 4. The van der Waals surface area contributed by atoms with Crippen molar-refractivity contribution in [2.24, 2.45) is 0 Å². The molecule has 3 heterocycles. The summed E-state index contributed by atoms with van der Waals surface area (Å²) in [5, 5.41) is 0. The van der Waals surface area contributed by atoms with Crippen LogP contribution in [-0.2, 0) is 11.2 Å². The highest BCUT2D eigenvalue weighted by molar-refractivity contribution is 5.67. The molecule has 0 atom stereocenters. The lowest BCUT2D eigenvalue weighted by Gasteiger charge is -2.32. The molecular weight excluding hydrogens is 288 g/mol.